The van der Waals surface area contributed by atoms with Crippen LogP contribution in [0.25, 0.3) is 0 Å². The highest BCUT2D eigenvalue weighted by atomic mass is 35.5. The van der Waals surface area contributed by atoms with Crippen molar-refractivity contribution in [3.05, 3.63) is 50.2 Å². The molecule has 0 fully saturated rings. The Hall–Kier alpha value is -1.10. The Morgan fingerprint density at radius 2 is 2.05 bits per heavy atom. The summed E-state index contributed by atoms with van der Waals surface area (Å²) in [4.78, 5) is 2.99. The Morgan fingerprint density at radius 3 is 2.55 bits per heavy atom. The van der Waals surface area contributed by atoms with Gasteiger partial charge >= 0.3 is 0 Å². The molecular weight excluding hydrogens is 308 g/mol. The van der Waals surface area contributed by atoms with E-state index in [1.165, 1.54) is 15.3 Å². The highest BCUT2D eigenvalue weighted by Gasteiger charge is 2.12. The van der Waals surface area contributed by atoms with Crippen molar-refractivity contribution in [1.29, 1.82) is 0 Å². The first-order chi connectivity index (χ1) is 9.38. The summed E-state index contributed by atoms with van der Waals surface area (Å²) in [6.45, 7) is 6.42. The third kappa shape index (κ3) is 3.32. The summed E-state index contributed by atoms with van der Waals surface area (Å²) < 4.78 is 0. The van der Waals surface area contributed by atoms with Gasteiger partial charge in [0.1, 0.15) is 4.99 Å². The second kappa shape index (κ2) is 6.12. The van der Waals surface area contributed by atoms with Gasteiger partial charge in [0.05, 0.1) is 5.02 Å². The van der Waals surface area contributed by atoms with Crippen LogP contribution in [-0.4, -0.2) is 4.99 Å². The average Bonchev–Trinajstić information content (AvgIpc) is 2.68. The fourth-order valence-electron chi connectivity index (χ4n) is 2.21. The van der Waals surface area contributed by atoms with Gasteiger partial charge < -0.3 is 11.1 Å². The Balaban J connectivity index is 2.20. The minimum Gasteiger partial charge on any atom is -0.389 e. The maximum absolute atomic E-state index is 6.18. The highest BCUT2D eigenvalue weighted by molar-refractivity contribution is 7.80. The molecule has 3 N–H and O–H groups in total. The zero-order valence-corrected chi connectivity index (χ0v) is 14.0. The van der Waals surface area contributed by atoms with Gasteiger partial charge in [-0.25, -0.2) is 0 Å². The molecule has 2 rings (SSSR count). The molecule has 0 bridgehead atoms. The van der Waals surface area contributed by atoms with Gasteiger partial charge in [0.25, 0.3) is 0 Å². The minimum absolute atomic E-state index is 0.228. The number of hydrogen-bond donors (Lipinski definition) is 2. The summed E-state index contributed by atoms with van der Waals surface area (Å²) in [5.74, 6) is 0. The second-order valence-corrected chi connectivity index (χ2v) is 7.10. The Kier molecular flexibility index (Phi) is 4.68. The first kappa shape index (κ1) is 15.3. The van der Waals surface area contributed by atoms with Crippen molar-refractivity contribution < 1.29 is 0 Å². The van der Waals surface area contributed by atoms with Crippen LogP contribution >= 0.6 is 35.2 Å². The predicted molar refractivity (Wildman–Crippen MR) is 93.2 cm³/mol. The number of thiophene rings is 1. The quantitative estimate of drug-likeness (QED) is 0.791. The Bertz CT molecular complexity index is 649. The SMILES string of the molecule is Cc1cc(C(C)Nc2ccc(C(N)=S)c(Cl)c2)c(C)s1. The van der Waals surface area contributed by atoms with E-state index in [1.54, 1.807) is 0 Å². The molecule has 1 aromatic carbocycles. The van der Waals surface area contributed by atoms with E-state index in [1.807, 2.05) is 29.5 Å². The van der Waals surface area contributed by atoms with Crippen LogP contribution in [0.2, 0.25) is 5.02 Å². The van der Waals surface area contributed by atoms with Gasteiger partial charge in [-0.05, 0) is 50.6 Å². The van der Waals surface area contributed by atoms with Crippen LogP contribution in [0.4, 0.5) is 5.69 Å². The third-order valence-electron chi connectivity index (χ3n) is 3.16. The lowest BCUT2D eigenvalue weighted by atomic mass is 10.1. The number of nitrogens with two attached hydrogens (primary N) is 1. The predicted octanol–water partition coefficient (Wildman–Crippen LogP) is 4.83. The molecule has 0 aliphatic carbocycles. The number of thiocarbonyl (C=S) groups is 1. The lowest BCUT2D eigenvalue weighted by Gasteiger charge is -2.16. The maximum atomic E-state index is 6.18. The normalized spacial score (nSPS) is 12.2. The van der Waals surface area contributed by atoms with Gasteiger partial charge in [-0.1, -0.05) is 23.8 Å². The molecule has 0 amide bonds. The lowest BCUT2D eigenvalue weighted by molar-refractivity contribution is 0.882. The molecule has 0 radical (unpaired) electrons. The summed E-state index contributed by atoms with van der Waals surface area (Å²) in [7, 11) is 0. The zero-order valence-electron chi connectivity index (χ0n) is 11.7. The molecule has 0 saturated heterocycles. The molecule has 106 valence electrons. The largest absolute Gasteiger partial charge is 0.389 e. The molecule has 1 heterocycles. The van der Waals surface area contributed by atoms with Gasteiger partial charge in [-0.2, -0.15) is 0 Å². The van der Waals surface area contributed by atoms with Crippen molar-refractivity contribution in [2.75, 3.05) is 5.32 Å². The molecule has 2 aromatic rings. The first-order valence-corrected chi connectivity index (χ1v) is 7.91. The van der Waals surface area contributed by atoms with Crippen LogP contribution in [-0.2, 0) is 0 Å². The van der Waals surface area contributed by atoms with Gasteiger partial charge in [0.2, 0.25) is 0 Å². The second-order valence-electron chi connectivity index (χ2n) is 4.79. The molecule has 1 aromatic heterocycles. The molecule has 5 heteroatoms. The molecular formula is C15H17ClN2S2. The minimum atomic E-state index is 0.228. The van der Waals surface area contributed by atoms with Crippen LogP contribution in [0.5, 0.6) is 0 Å². The van der Waals surface area contributed by atoms with E-state index in [0.717, 1.165) is 5.69 Å². The molecule has 0 saturated carbocycles. The molecule has 1 atom stereocenters. The van der Waals surface area contributed by atoms with E-state index >= 15 is 0 Å². The molecule has 0 aliphatic heterocycles. The summed E-state index contributed by atoms with van der Waals surface area (Å²) in [5.41, 5.74) is 8.60. The topological polar surface area (TPSA) is 38.0 Å². The van der Waals surface area contributed by atoms with Crippen LogP contribution in [0.3, 0.4) is 0 Å². The Labute approximate surface area is 134 Å². The number of nitrogens with one attached hydrogen (secondary N) is 1. The van der Waals surface area contributed by atoms with Gasteiger partial charge in [-0.15, -0.1) is 11.3 Å². The average molecular weight is 325 g/mol. The molecule has 2 nitrogen and oxygen atoms in total. The summed E-state index contributed by atoms with van der Waals surface area (Å²) in [6, 6.07) is 8.12. The van der Waals surface area contributed by atoms with Crippen LogP contribution in [0, 0.1) is 13.8 Å². The van der Waals surface area contributed by atoms with Crippen molar-refractivity contribution >= 4 is 45.8 Å². The van der Waals surface area contributed by atoms with Crippen LogP contribution in [0.1, 0.15) is 33.8 Å². The van der Waals surface area contributed by atoms with E-state index in [2.05, 4.69) is 32.2 Å². The monoisotopic (exact) mass is 324 g/mol. The summed E-state index contributed by atoms with van der Waals surface area (Å²) in [5, 5.41) is 4.03. The number of rotatable bonds is 4. The van der Waals surface area contributed by atoms with Crippen molar-refractivity contribution in [2.24, 2.45) is 5.73 Å². The van der Waals surface area contributed by atoms with Crippen molar-refractivity contribution in [3.8, 4) is 0 Å². The number of benzene rings is 1. The first-order valence-electron chi connectivity index (χ1n) is 6.31. The zero-order chi connectivity index (χ0) is 14.9. The molecule has 20 heavy (non-hydrogen) atoms. The van der Waals surface area contributed by atoms with Crippen LogP contribution < -0.4 is 11.1 Å². The van der Waals surface area contributed by atoms with Gasteiger partial charge in [0.15, 0.2) is 0 Å². The van der Waals surface area contributed by atoms with E-state index < -0.39 is 0 Å². The maximum Gasteiger partial charge on any atom is 0.105 e. The van der Waals surface area contributed by atoms with Crippen molar-refractivity contribution in [1.82, 2.24) is 0 Å². The van der Waals surface area contributed by atoms with E-state index in [4.69, 9.17) is 29.6 Å². The van der Waals surface area contributed by atoms with Crippen molar-refractivity contribution in [3.63, 3.8) is 0 Å². The number of aryl methyl sites for hydroxylation is 2. The summed E-state index contributed by atoms with van der Waals surface area (Å²) >= 11 is 13.0. The van der Waals surface area contributed by atoms with Gasteiger partial charge in [-0.3, -0.25) is 0 Å². The number of anilines is 1. The van der Waals surface area contributed by atoms with E-state index in [-0.39, 0.29) is 6.04 Å². The Morgan fingerprint density at radius 1 is 1.35 bits per heavy atom. The fourth-order valence-corrected chi connectivity index (χ4v) is 3.75. The third-order valence-corrected chi connectivity index (χ3v) is 4.68. The standard InChI is InChI=1S/C15H17ClN2S2/c1-8-6-13(10(3)20-8)9(2)18-11-4-5-12(15(17)19)14(16)7-11/h4-7,9,18H,1-3H3,(H2,17,19). The lowest BCUT2D eigenvalue weighted by Crippen LogP contribution is -2.11. The van der Waals surface area contributed by atoms with Gasteiger partial charge in [0, 0.05) is 27.0 Å². The molecule has 1 unspecified atom stereocenters. The number of hydrogen-bond acceptors (Lipinski definition) is 3. The highest BCUT2D eigenvalue weighted by Crippen LogP contribution is 2.29. The van der Waals surface area contributed by atoms with Crippen LogP contribution in [0.15, 0.2) is 24.3 Å². The van der Waals surface area contributed by atoms with Crippen molar-refractivity contribution in [2.45, 2.75) is 26.8 Å². The van der Waals surface area contributed by atoms with E-state index in [9.17, 15) is 0 Å². The molecule has 0 spiro atoms. The fraction of sp³-hybridized carbons (Fsp3) is 0.267. The summed E-state index contributed by atoms with van der Waals surface area (Å²) in [6.07, 6.45) is 0. The van der Waals surface area contributed by atoms with E-state index in [0.29, 0.717) is 15.6 Å². The molecule has 0 aliphatic rings. The number of halogens is 1. The smallest absolute Gasteiger partial charge is 0.105 e.